The van der Waals surface area contributed by atoms with E-state index < -0.39 is 0 Å². The van der Waals surface area contributed by atoms with Gasteiger partial charge in [-0.05, 0) is 23.8 Å². The van der Waals surface area contributed by atoms with E-state index in [1.54, 1.807) is 24.7 Å². The molecule has 2 rings (SSSR count). The molecule has 0 aromatic rings. The Hall–Kier alpha value is -1.77. The number of ether oxygens (including phenoxy) is 1. The zero-order valence-corrected chi connectivity index (χ0v) is 7.11. The van der Waals surface area contributed by atoms with Crippen LogP contribution in [-0.2, 0) is 4.79 Å². The minimum atomic E-state index is -0.313. The van der Waals surface area contributed by atoms with Crippen molar-refractivity contribution in [3.8, 4) is 16.9 Å². The average molecular weight is 176 g/mol. The second kappa shape index (κ2) is 2.94. The minimum Gasteiger partial charge on any atom is -0.472 e. The molecule has 0 aromatic carbocycles. The number of carbonyl (C=O) groups is 1. The van der Waals surface area contributed by atoms with Gasteiger partial charge in [-0.15, -0.1) is 0 Å². The van der Waals surface area contributed by atoms with Gasteiger partial charge in [0, 0.05) is 12.5 Å². The van der Waals surface area contributed by atoms with Crippen LogP contribution in [0.25, 0.3) is 11.1 Å². The van der Waals surface area contributed by atoms with Gasteiger partial charge in [-0.2, -0.15) is 0 Å². The summed E-state index contributed by atoms with van der Waals surface area (Å²) in [6.07, 6.45) is 3.20. The molecule has 0 bridgehead atoms. The summed E-state index contributed by atoms with van der Waals surface area (Å²) in [5.74, 6) is 0.246. The maximum atomic E-state index is 10.6. The van der Waals surface area contributed by atoms with Crippen LogP contribution in [0.2, 0.25) is 0 Å². The third-order valence-corrected chi connectivity index (χ3v) is 1.71. The highest BCUT2D eigenvalue weighted by molar-refractivity contribution is 5.74. The van der Waals surface area contributed by atoms with E-state index in [0.29, 0.717) is 5.75 Å². The SMILES string of the molecule is CC(=O)Oc1cc2ccocc-2c1. The van der Waals surface area contributed by atoms with Crippen molar-refractivity contribution in [1.82, 2.24) is 0 Å². The van der Waals surface area contributed by atoms with Gasteiger partial charge in [0.1, 0.15) is 5.75 Å². The third-order valence-electron chi connectivity index (χ3n) is 1.71. The van der Waals surface area contributed by atoms with E-state index in [-0.39, 0.29) is 5.97 Å². The van der Waals surface area contributed by atoms with E-state index in [1.165, 1.54) is 6.92 Å². The Labute approximate surface area is 75.3 Å². The van der Waals surface area contributed by atoms with Crippen LogP contribution in [0, 0.1) is 0 Å². The summed E-state index contributed by atoms with van der Waals surface area (Å²) in [5.41, 5.74) is 1.93. The fourth-order valence-corrected chi connectivity index (χ4v) is 1.21. The number of rotatable bonds is 1. The monoisotopic (exact) mass is 176 g/mol. The lowest BCUT2D eigenvalue weighted by Gasteiger charge is -1.93. The van der Waals surface area contributed by atoms with Crippen LogP contribution in [-0.4, -0.2) is 5.97 Å². The van der Waals surface area contributed by atoms with Crippen LogP contribution >= 0.6 is 0 Å². The number of hydrogen-bond acceptors (Lipinski definition) is 3. The van der Waals surface area contributed by atoms with Crippen molar-refractivity contribution < 1.29 is 13.9 Å². The van der Waals surface area contributed by atoms with Gasteiger partial charge in [-0.25, -0.2) is 0 Å². The molecule has 0 radical (unpaired) electrons. The highest BCUT2D eigenvalue weighted by Crippen LogP contribution is 2.30. The third kappa shape index (κ3) is 1.54. The zero-order chi connectivity index (χ0) is 9.26. The summed E-state index contributed by atoms with van der Waals surface area (Å²) >= 11 is 0. The maximum absolute atomic E-state index is 10.6. The van der Waals surface area contributed by atoms with Crippen molar-refractivity contribution >= 4 is 5.97 Å². The van der Waals surface area contributed by atoms with Crippen LogP contribution in [0.3, 0.4) is 0 Å². The quantitative estimate of drug-likeness (QED) is 0.626. The van der Waals surface area contributed by atoms with E-state index in [4.69, 9.17) is 9.15 Å². The molecule has 1 heterocycles. The van der Waals surface area contributed by atoms with E-state index in [9.17, 15) is 4.79 Å². The van der Waals surface area contributed by atoms with Crippen molar-refractivity contribution in [2.24, 2.45) is 0 Å². The molecule has 13 heavy (non-hydrogen) atoms. The highest BCUT2D eigenvalue weighted by atomic mass is 16.5. The molecule has 0 N–H and O–H groups in total. The smallest absolute Gasteiger partial charge is 0.308 e. The molecule has 1 aliphatic heterocycles. The molecule has 1 aliphatic carbocycles. The van der Waals surface area contributed by atoms with E-state index in [2.05, 4.69) is 0 Å². The Morgan fingerprint density at radius 2 is 2.15 bits per heavy atom. The summed E-state index contributed by atoms with van der Waals surface area (Å²) < 4.78 is 9.89. The lowest BCUT2D eigenvalue weighted by molar-refractivity contribution is -0.131. The first-order valence-corrected chi connectivity index (χ1v) is 3.90. The molecule has 66 valence electrons. The standard InChI is InChI=1S/C10H8O3/c1-7(11)13-10-4-8-2-3-12-6-9(8)5-10/h2-6H,1H3. The Morgan fingerprint density at radius 1 is 1.38 bits per heavy atom. The van der Waals surface area contributed by atoms with Gasteiger partial charge in [0.25, 0.3) is 0 Å². The van der Waals surface area contributed by atoms with Gasteiger partial charge in [0.05, 0.1) is 12.5 Å². The van der Waals surface area contributed by atoms with Crippen molar-refractivity contribution in [3.63, 3.8) is 0 Å². The van der Waals surface area contributed by atoms with Gasteiger partial charge < -0.3 is 9.15 Å². The molecule has 3 heteroatoms. The molecule has 0 fully saturated rings. The van der Waals surface area contributed by atoms with Gasteiger partial charge in [0.15, 0.2) is 0 Å². The van der Waals surface area contributed by atoms with E-state index in [1.807, 2.05) is 6.07 Å². The molecule has 0 saturated heterocycles. The summed E-state index contributed by atoms with van der Waals surface area (Å²) in [6.45, 7) is 1.38. The number of esters is 1. The van der Waals surface area contributed by atoms with Crippen molar-refractivity contribution in [2.45, 2.75) is 6.92 Å². The maximum Gasteiger partial charge on any atom is 0.308 e. The predicted molar refractivity (Wildman–Crippen MR) is 46.6 cm³/mol. The molecule has 0 aromatic heterocycles. The van der Waals surface area contributed by atoms with Gasteiger partial charge in [0.2, 0.25) is 0 Å². The molecule has 0 amide bonds. The summed E-state index contributed by atoms with van der Waals surface area (Å²) in [6, 6.07) is 5.38. The average Bonchev–Trinajstić information content (AvgIpc) is 2.44. The first-order valence-electron chi connectivity index (χ1n) is 3.90. The first-order chi connectivity index (χ1) is 6.25. The summed E-state index contributed by atoms with van der Waals surface area (Å²) in [5, 5.41) is 0. The number of hydrogen-bond donors (Lipinski definition) is 0. The largest absolute Gasteiger partial charge is 0.472 e. The lowest BCUT2D eigenvalue weighted by atomic mass is 10.2. The van der Waals surface area contributed by atoms with Crippen LogP contribution in [0.15, 0.2) is 35.1 Å². The van der Waals surface area contributed by atoms with Crippen LogP contribution < -0.4 is 4.74 Å². The molecular weight excluding hydrogens is 168 g/mol. The van der Waals surface area contributed by atoms with E-state index in [0.717, 1.165) is 11.1 Å². The number of fused-ring (bicyclic) bond motifs is 1. The summed E-state index contributed by atoms with van der Waals surface area (Å²) in [4.78, 5) is 10.6. The molecule has 0 spiro atoms. The summed E-state index contributed by atoms with van der Waals surface area (Å²) in [7, 11) is 0. The molecule has 2 aliphatic rings. The number of carbonyl (C=O) groups excluding carboxylic acids is 1. The van der Waals surface area contributed by atoms with Crippen LogP contribution in [0.1, 0.15) is 6.92 Å². The van der Waals surface area contributed by atoms with Crippen molar-refractivity contribution in [2.75, 3.05) is 0 Å². The topological polar surface area (TPSA) is 39.4 Å². The second-order valence-corrected chi connectivity index (χ2v) is 2.75. The lowest BCUT2D eigenvalue weighted by Crippen LogP contribution is -1.99. The van der Waals surface area contributed by atoms with Crippen molar-refractivity contribution in [1.29, 1.82) is 0 Å². The Kier molecular flexibility index (Phi) is 1.77. The molecule has 0 saturated carbocycles. The fourth-order valence-electron chi connectivity index (χ4n) is 1.21. The van der Waals surface area contributed by atoms with Gasteiger partial charge in [-0.3, -0.25) is 4.79 Å². The van der Waals surface area contributed by atoms with E-state index >= 15 is 0 Å². The zero-order valence-electron chi connectivity index (χ0n) is 7.11. The Balaban J connectivity index is 2.39. The van der Waals surface area contributed by atoms with Gasteiger partial charge in [-0.1, -0.05) is 0 Å². The Morgan fingerprint density at radius 3 is 2.85 bits per heavy atom. The molecule has 0 unspecified atom stereocenters. The van der Waals surface area contributed by atoms with Crippen LogP contribution in [0.4, 0.5) is 0 Å². The second-order valence-electron chi connectivity index (χ2n) is 2.75. The predicted octanol–water partition coefficient (Wildman–Crippen LogP) is 2.31. The minimum absolute atomic E-state index is 0.313. The highest BCUT2D eigenvalue weighted by Gasteiger charge is 2.08. The Bertz CT molecular complexity index is 373. The van der Waals surface area contributed by atoms with Crippen molar-refractivity contribution in [3.05, 3.63) is 30.7 Å². The molecular formula is C10H8O3. The first kappa shape index (κ1) is 7.86. The normalized spacial score (nSPS) is 10.2. The van der Waals surface area contributed by atoms with Gasteiger partial charge >= 0.3 is 5.97 Å². The fraction of sp³-hybridized carbons (Fsp3) is 0.100. The molecule has 3 nitrogen and oxygen atoms in total. The molecule has 0 atom stereocenters. The van der Waals surface area contributed by atoms with Crippen LogP contribution in [0.5, 0.6) is 5.75 Å².